The van der Waals surface area contributed by atoms with Gasteiger partial charge in [-0.2, -0.15) is 0 Å². The van der Waals surface area contributed by atoms with E-state index >= 15 is 0 Å². The average molecular weight is 174 g/mol. The minimum atomic E-state index is -6.00. The zero-order valence-electron chi connectivity index (χ0n) is 5.32. The highest BCUT2D eigenvalue weighted by Gasteiger charge is 2.20. The fourth-order valence-electron chi connectivity index (χ4n) is 0.241. The molecule has 0 saturated carbocycles. The third-order valence-corrected chi connectivity index (χ3v) is 0.442. The van der Waals surface area contributed by atoms with Crippen molar-refractivity contribution >= 4 is 7.25 Å². The van der Waals surface area contributed by atoms with Crippen LogP contribution in [0.4, 0.5) is 17.3 Å². The molecule has 0 bridgehead atoms. The molecule has 0 unspecified atom stereocenters. The monoisotopic (exact) mass is 174 g/mol. The van der Waals surface area contributed by atoms with Gasteiger partial charge in [-0.15, -0.1) is 0 Å². The van der Waals surface area contributed by atoms with Crippen LogP contribution in [-0.4, -0.2) is 17.7 Å². The van der Waals surface area contributed by atoms with Gasteiger partial charge < -0.3 is 22.7 Å². The molecule has 0 aliphatic heterocycles. The summed E-state index contributed by atoms with van der Waals surface area (Å²) in [7, 11) is -6.00. The molecule has 1 aromatic rings. The lowest BCUT2D eigenvalue weighted by molar-refractivity contribution is -0.375. The summed E-state index contributed by atoms with van der Waals surface area (Å²) >= 11 is 0. The second-order valence-corrected chi connectivity index (χ2v) is 1.31. The molecular formula is C3H7BF4N2O. The number of nitrogens with one attached hydrogen (secondary N) is 2. The lowest BCUT2D eigenvalue weighted by Gasteiger charge is -1.94. The first kappa shape index (κ1) is 12.6. The van der Waals surface area contributed by atoms with E-state index in [-0.39, 0.29) is 5.48 Å². The van der Waals surface area contributed by atoms with Crippen LogP contribution in [0.3, 0.4) is 0 Å². The van der Waals surface area contributed by atoms with Crippen molar-refractivity contribution in [3.8, 4) is 0 Å². The van der Waals surface area contributed by atoms with E-state index < -0.39 is 7.25 Å². The molecule has 0 spiro atoms. The van der Waals surface area contributed by atoms with Gasteiger partial charge in [-0.05, 0) is 0 Å². The van der Waals surface area contributed by atoms with Gasteiger partial charge in [-0.3, -0.25) is 9.97 Å². The zero-order chi connectivity index (χ0) is 8.04. The van der Waals surface area contributed by atoms with Crippen LogP contribution in [0, 0.1) is 0 Å². The average Bonchev–Trinajstić information content (AvgIpc) is 2.07. The number of halogens is 4. The Morgan fingerprint density at radius 3 is 1.73 bits per heavy atom. The molecule has 0 radical (unpaired) electrons. The number of aromatic amines is 2. The van der Waals surface area contributed by atoms with Crippen molar-refractivity contribution in [2.75, 3.05) is 0 Å². The molecule has 8 heteroatoms. The Labute approximate surface area is 59.9 Å². The Hall–Kier alpha value is -1.05. The van der Waals surface area contributed by atoms with E-state index in [4.69, 9.17) is 0 Å². The molecule has 11 heavy (non-hydrogen) atoms. The summed E-state index contributed by atoms with van der Waals surface area (Å²) in [6, 6.07) is 0. The number of hydrogen-bond donors (Lipinski definition) is 1. The Morgan fingerprint density at radius 2 is 1.64 bits per heavy atom. The second kappa shape index (κ2) is 5.72. The molecule has 1 rings (SSSR count). The van der Waals surface area contributed by atoms with Gasteiger partial charge in [0.25, 0.3) is 0 Å². The quantitative estimate of drug-likeness (QED) is 0.434. The number of aromatic nitrogens is 2. The maximum Gasteiger partial charge on any atom is 0.673 e. The summed E-state index contributed by atoms with van der Waals surface area (Å²) < 4.78 is 39.0. The molecule has 0 amide bonds. The summed E-state index contributed by atoms with van der Waals surface area (Å²) in [6.07, 6.45) is 5.39. The minimum Gasteiger partial charge on any atom is -0.418 e. The van der Waals surface area contributed by atoms with E-state index in [2.05, 4.69) is 9.97 Å². The molecule has 0 aliphatic rings. The molecule has 4 N–H and O–H groups in total. The summed E-state index contributed by atoms with van der Waals surface area (Å²) in [5.41, 5.74) is 0. The van der Waals surface area contributed by atoms with E-state index in [1.165, 1.54) is 0 Å². The SMILES string of the molecule is F[B-](F)(F)F.O.c1c[nH+]c[nH]1. The van der Waals surface area contributed by atoms with E-state index in [1.807, 2.05) is 12.4 Å². The van der Waals surface area contributed by atoms with Crippen LogP contribution in [0.15, 0.2) is 18.7 Å². The topological polar surface area (TPSA) is 61.4 Å². The molecule has 3 nitrogen and oxygen atoms in total. The maximum atomic E-state index is 9.75. The first-order valence-electron chi connectivity index (χ1n) is 2.36. The fourth-order valence-corrected chi connectivity index (χ4v) is 0.241. The van der Waals surface area contributed by atoms with Crippen molar-refractivity contribution in [1.29, 1.82) is 0 Å². The van der Waals surface area contributed by atoms with Crippen molar-refractivity contribution in [3.63, 3.8) is 0 Å². The summed E-state index contributed by atoms with van der Waals surface area (Å²) in [4.78, 5) is 5.61. The van der Waals surface area contributed by atoms with Crippen LogP contribution in [0.2, 0.25) is 0 Å². The Kier molecular flexibility index (Phi) is 6.56. The molecule has 1 heterocycles. The zero-order valence-corrected chi connectivity index (χ0v) is 5.32. The van der Waals surface area contributed by atoms with E-state index in [9.17, 15) is 17.3 Å². The molecule has 1 aromatic heterocycles. The van der Waals surface area contributed by atoms with Crippen LogP contribution >= 0.6 is 0 Å². The van der Waals surface area contributed by atoms with E-state index in [0.29, 0.717) is 0 Å². The third kappa shape index (κ3) is 27.7. The summed E-state index contributed by atoms with van der Waals surface area (Å²) in [5, 5.41) is 0. The first-order chi connectivity index (χ1) is 4.50. The van der Waals surface area contributed by atoms with Gasteiger partial charge in [0.1, 0.15) is 12.4 Å². The minimum absolute atomic E-state index is 0. The molecule has 66 valence electrons. The smallest absolute Gasteiger partial charge is 0.418 e. The van der Waals surface area contributed by atoms with Crippen LogP contribution < -0.4 is 4.98 Å². The third-order valence-electron chi connectivity index (χ3n) is 0.442. The maximum absolute atomic E-state index is 9.75. The number of rotatable bonds is 0. The van der Waals surface area contributed by atoms with Gasteiger partial charge in [0.15, 0.2) is 0 Å². The van der Waals surface area contributed by atoms with Gasteiger partial charge in [0.2, 0.25) is 6.33 Å². The molecule has 0 fully saturated rings. The van der Waals surface area contributed by atoms with Crippen LogP contribution in [0.1, 0.15) is 0 Å². The number of H-pyrrole nitrogens is 2. The number of imidazole rings is 1. The first-order valence-corrected chi connectivity index (χ1v) is 2.36. The Bertz CT molecular complexity index is 130. The highest BCUT2D eigenvalue weighted by atomic mass is 19.5. The molecular weight excluding hydrogens is 167 g/mol. The molecule has 0 atom stereocenters. The van der Waals surface area contributed by atoms with Crippen LogP contribution in [0.25, 0.3) is 0 Å². The fraction of sp³-hybridized carbons (Fsp3) is 0. The largest absolute Gasteiger partial charge is 0.673 e. The summed E-state index contributed by atoms with van der Waals surface area (Å²) in [6.45, 7) is 0. The predicted molar refractivity (Wildman–Crippen MR) is 31.1 cm³/mol. The van der Waals surface area contributed by atoms with Gasteiger partial charge >= 0.3 is 7.25 Å². The normalized spacial score (nSPS) is 9.09. The van der Waals surface area contributed by atoms with Gasteiger partial charge in [-0.1, -0.05) is 0 Å². The van der Waals surface area contributed by atoms with E-state index in [1.54, 1.807) is 6.33 Å². The summed E-state index contributed by atoms with van der Waals surface area (Å²) in [5.74, 6) is 0. The van der Waals surface area contributed by atoms with Crippen molar-refractivity contribution in [2.45, 2.75) is 0 Å². The second-order valence-electron chi connectivity index (χ2n) is 1.31. The Balaban J connectivity index is 0. The van der Waals surface area contributed by atoms with Crippen LogP contribution in [0.5, 0.6) is 0 Å². The van der Waals surface area contributed by atoms with Gasteiger partial charge in [-0.25, -0.2) is 0 Å². The van der Waals surface area contributed by atoms with Crippen molar-refractivity contribution in [2.24, 2.45) is 0 Å². The highest BCUT2D eigenvalue weighted by molar-refractivity contribution is 6.50. The molecule has 0 aliphatic carbocycles. The predicted octanol–water partition coefficient (Wildman–Crippen LogP) is 0.304. The Morgan fingerprint density at radius 1 is 1.18 bits per heavy atom. The van der Waals surface area contributed by atoms with Gasteiger partial charge in [0.05, 0.1) is 0 Å². The van der Waals surface area contributed by atoms with Crippen LogP contribution in [-0.2, 0) is 0 Å². The van der Waals surface area contributed by atoms with Gasteiger partial charge in [0, 0.05) is 0 Å². The highest BCUT2D eigenvalue weighted by Crippen LogP contribution is 2.06. The lowest BCUT2D eigenvalue weighted by Crippen LogP contribution is -2.02. The van der Waals surface area contributed by atoms with Crippen molar-refractivity contribution in [3.05, 3.63) is 18.7 Å². The molecule has 0 saturated heterocycles. The van der Waals surface area contributed by atoms with Crippen molar-refractivity contribution in [1.82, 2.24) is 4.98 Å². The van der Waals surface area contributed by atoms with E-state index in [0.717, 1.165) is 0 Å². The van der Waals surface area contributed by atoms with Crippen molar-refractivity contribution < 1.29 is 27.7 Å². The molecule has 0 aromatic carbocycles. The standard InChI is InChI=1S/C3H4N2.BF4.H2O/c1-2-5-3-4-1;2-1(3,4)5;/h1-3H,(H,4,5);;1H2/q;-1;/p+1. The lowest BCUT2D eigenvalue weighted by atomic mass is 10.3. The number of hydrogen-bond acceptors (Lipinski definition) is 0.